The number of nitrogens with one attached hydrogen (secondary N) is 1. The van der Waals surface area contributed by atoms with E-state index in [1.54, 1.807) is 12.1 Å². The van der Waals surface area contributed by atoms with E-state index in [9.17, 15) is 9.59 Å². The lowest BCUT2D eigenvalue weighted by Crippen LogP contribution is -2.38. The summed E-state index contributed by atoms with van der Waals surface area (Å²) >= 11 is 6.22. The number of likely N-dealkylation sites (tertiary alicyclic amines) is 1. The zero-order chi connectivity index (χ0) is 17.1. The summed E-state index contributed by atoms with van der Waals surface area (Å²) in [4.78, 5) is 24.6. The summed E-state index contributed by atoms with van der Waals surface area (Å²) in [6, 6.07) is 3.26. The van der Waals surface area contributed by atoms with Gasteiger partial charge in [0.25, 0.3) is 0 Å². The Balaban J connectivity index is 1.61. The van der Waals surface area contributed by atoms with Gasteiger partial charge in [0.05, 0.1) is 24.2 Å². The first-order valence-electron chi connectivity index (χ1n) is 7.88. The summed E-state index contributed by atoms with van der Waals surface area (Å²) in [5, 5.41) is 12.2. The molecule has 0 bridgehead atoms. The maximum Gasteiger partial charge on any atom is 0.317 e. The second-order valence-electron chi connectivity index (χ2n) is 5.88. The molecule has 0 radical (unpaired) electrons. The quantitative estimate of drug-likeness (QED) is 0.868. The van der Waals surface area contributed by atoms with E-state index < -0.39 is 11.9 Å². The van der Waals surface area contributed by atoms with Gasteiger partial charge in [-0.15, -0.1) is 0 Å². The van der Waals surface area contributed by atoms with Crippen LogP contribution in [-0.4, -0.2) is 48.3 Å². The lowest BCUT2D eigenvalue weighted by atomic mass is 10.1. The molecule has 2 heterocycles. The number of rotatable bonds is 3. The second kappa shape index (κ2) is 7.17. The predicted octanol–water partition coefficient (Wildman–Crippen LogP) is 2.12. The van der Waals surface area contributed by atoms with Crippen LogP contribution in [0.5, 0.6) is 11.5 Å². The molecule has 2 amide bonds. The van der Waals surface area contributed by atoms with Crippen molar-refractivity contribution in [1.82, 2.24) is 10.2 Å². The van der Waals surface area contributed by atoms with Gasteiger partial charge in [-0.3, -0.25) is 4.79 Å². The van der Waals surface area contributed by atoms with E-state index in [0.29, 0.717) is 42.7 Å². The van der Waals surface area contributed by atoms with Crippen molar-refractivity contribution in [3.05, 3.63) is 22.7 Å². The van der Waals surface area contributed by atoms with Crippen molar-refractivity contribution >= 4 is 23.6 Å². The van der Waals surface area contributed by atoms with Crippen LogP contribution in [0.4, 0.5) is 4.79 Å². The van der Waals surface area contributed by atoms with Crippen LogP contribution in [0.15, 0.2) is 12.1 Å². The van der Waals surface area contributed by atoms with Gasteiger partial charge in [0.15, 0.2) is 11.5 Å². The third kappa shape index (κ3) is 3.67. The summed E-state index contributed by atoms with van der Waals surface area (Å²) < 4.78 is 11.2. The molecule has 130 valence electrons. The number of amides is 2. The highest BCUT2D eigenvalue weighted by molar-refractivity contribution is 6.32. The van der Waals surface area contributed by atoms with E-state index in [1.165, 1.54) is 4.90 Å². The van der Waals surface area contributed by atoms with Crippen molar-refractivity contribution < 1.29 is 24.2 Å². The Labute approximate surface area is 144 Å². The minimum Gasteiger partial charge on any atom is -0.489 e. The van der Waals surface area contributed by atoms with Gasteiger partial charge in [-0.05, 0) is 24.1 Å². The summed E-state index contributed by atoms with van der Waals surface area (Å²) in [6.07, 6.45) is 1.27. The Bertz CT molecular complexity index is 652. The van der Waals surface area contributed by atoms with Crippen molar-refractivity contribution in [2.45, 2.75) is 19.4 Å². The molecule has 2 N–H and O–H groups in total. The fourth-order valence-electron chi connectivity index (χ4n) is 2.82. The number of carbonyl (C=O) groups is 2. The van der Waals surface area contributed by atoms with E-state index in [0.717, 1.165) is 12.0 Å². The third-order valence-corrected chi connectivity index (χ3v) is 4.41. The summed E-state index contributed by atoms with van der Waals surface area (Å²) in [7, 11) is 0. The van der Waals surface area contributed by atoms with E-state index in [2.05, 4.69) is 5.32 Å². The van der Waals surface area contributed by atoms with Gasteiger partial charge in [0.2, 0.25) is 0 Å². The number of nitrogens with zero attached hydrogens (tertiary/aromatic N) is 1. The Kier molecular flexibility index (Phi) is 4.99. The average Bonchev–Trinajstić information content (AvgIpc) is 2.93. The van der Waals surface area contributed by atoms with Gasteiger partial charge < -0.3 is 24.8 Å². The third-order valence-electron chi connectivity index (χ3n) is 4.13. The largest absolute Gasteiger partial charge is 0.489 e. The number of fused-ring (bicyclic) bond motifs is 1. The van der Waals surface area contributed by atoms with E-state index >= 15 is 0 Å². The molecule has 3 rings (SSSR count). The molecule has 1 aromatic rings. The van der Waals surface area contributed by atoms with Crippen molar-refractivity contribution in [1.29, 1.82) is 0 Å². The van der Waals surface area contributed by atoms with Crippen molar-refractivity contribution in [2.24, 2.45) is 5.92 Å². The Morgan fingerprint density at radius 3 is 2.88 bits per heavy atom. The molecule has 24 heavy (non-hydrogen) atoms. The highest BCUT2D eigenvalue weighted by Crippen LogP contribution is 2.37. The number of hydrogen-bond acceptors (Lipinski definition) is 4. The van der Waals surface area contributed by atoms with Gasteiger partial charge in [-0.1, -0.05) is 11.6 Å². The number of halogens is 1. The number of urea groups is 1. The molecule has 0 aliphatic carbocycles. The lowest BCUT2D eigenvalue weighted by molar-refractivity contribution is -0.141. The van der Waals surface area contributed by atoms with Crippen LogP contribution < -0.4 is 14.8 Å². The SMILES string of the molecule is O=C(O)C1CCN(C(=O)NCc2cc(Cl)c3c(c2)OCCCO3)C1. The number of aliphatic carboxylic acids is 1. The first-order chi connectivity index (χ1) is 11.5. The van der Waals surface area contributed by atoms with Gasteiger partial charge in [-0.25, -0.2) is 4.79 Å². The van der Waals surface area contributed by atoms with E-state index in [4.69, 9.17) is 26.2 Å². The first kappa shape index (κ1) is 16.7. The van der Waals surface area contributed by atoms with Gasteiger partial charge in [-0.2, -0.15) is 0 Å². The van der Waals surface area contributed by atoms with Crippen molar-refractivity contribution in [3.8, 4) is 11.5 Å². The fraction of sp³-hybridized carbons (Fsp3) is 0.500. The molecule has 8 heteroatoms. The maximum absolute atomic E-state index is 12.1. The minimum atomic E-state index is -0.861. The smallest absolute Gasteiger partial charge is 0.317 e. The number of hydrogen-bond donors (Lipinski definition) is 2. The number of carboxylic acids is 1. The van der Waals surface area contributed by atoms with Crippen LogP contribution in [0.2, 0.25) is 5.02 Å². The number of carboxylic acid groups (broad SMARTS) is 1. The fourth-order valence-corrected chi connectivity index (χ4v) is 3.11. The first-order valence-corrected chi connectivity index (χ1v) is 8.26. The van der Waals surface area contributed by atoms with Gasteiger partial charge in [0.1, 0.15) is 0 Å². The van der Waals surface area contributed by atoms with Gasteiger partial charge in [0, 0.05) is 26.1 Å². The number of carbonyl (C=O) groups excluding carboxylic acids is 1. The predicted molar refractivity (Wildman–Crippen MR) is 86.6 cm³/mol. The molecule has 0 saturated carbocycles. The second-order valence-corrected chi connectivity index (χ2v) is 6.29. The molecule has 2 aliphatic rings. The highest BCUT2D eigenvalue weighted by Gasteiger charge is 2.30. The summed E-state index contributed by atoms with van der Waals surface area (Å²) in [5.41, 5.74) is 0.798. The monoisotopic (exact) mass is 354 g/mol. The van der Waals surface area contributed by atoms with Crippen LogP contribution >= 0.6 is 11.6 Å². The van der Waals surface area contributed by atoms with Crippen molar-refractivity contribution in [3.63, 3.8) is 0 Å². The Morgan fingerprint density at radius 1 is 1.33 bits per heavy atom. The molecule has 0 spiro atoms. The zero-order valence-corrected chi connectivity index (χ0v) is 13.8. The number of ether oxygens (including phenoxy) is 2. The minimum absolute atomic E-state index is 0.239. The lowest BCUT2D eigenvalue weighted by Gasteiger charge is -2.17. The van der Waals surface area contributed by atoms with Crippen LogP contribution in [0.25, 0.3) is 0 Å². The molecule has 2 aliphatic heterocycles. The molecule has 1 unspecified atom stereocenters. The Hall–Kier alpha value is -2.15. The molecule has 0 aromatic heterocycles. The van der Waals surface area contributed by atoms with E-state index in [1.807, 2.05) is 0 Å². The standard InChI is InChI=1S/C16H19ClN2O5/c17-12-6-10(7-13-14(12)24-5-1-4-23-13)8-18-16(22)19-3-2-11(9-19)15(20)21/h6-7,11H,1-5,8-9H2,(H,18,22)(H,20,21). The molecule has 7 nitrogen and oxygen atoms in total. The molecule has 1 atom stereocenters. The normalized spacial score (nSPS) is 19.7. The summed E-state index contributed by atoms with van der Waals surface area (Å²) in [5.74, 6) is -0.229. The van der Waals surface area contributed by atoms with Crippen LogP contribution in [-0.2, 0) is 11.3 Å². The molecule has 1 aromatic carbocycles. The topological polar surface area (TPSA) is 88.1 Å². The molecular weight excluding hydrogens is 336 g/mol. The molecular formula is C16H19ClN2O5. The molecule has 1 saturated heterocycles. The zero-order valence-electron chi connectivity index (χ0n) is 13.1. The molecule has 1 fully saturated rings. The van der Waals surface area contributed by atoms with Crippen LogP contribution in [0.3, 0.4) is 0 Å². The maximum atomic E-state index is 12.1. The van der Waals surface area contributed by atoms with Crippen molar-refractivity contribution in [2.75, 3.05) is 26.3 Å². The highest BCUT2D eigenvalue weighted by atomic mass is 35.5. The van der Waals surface area contributed by atoms with Gasteiger partial charge >= 0.3 is 12.0 Å². The van der Waals surface area contributed by atoms with Crippen LogP contribution in [0.1, 0.15) is 18.4 Å². The summed E-state index contributed by atoms with van der Waals surface area (Å²) in [6.45, 7) is 2.09. The van der Waals surface area contributed by atoms with Crippen LogP contribution in [0, 0.1) is 5.92 Å². The Morgan fingerprint density at radius 2 is 2.12 bits per heavy atom. The average molecular weight is 355 g/mol. The number of benzene rings is 1. The van der Waals surface area contributed by atoms with E-state index in [-0.39, 0.29) is 19.1 Å².